The van der Waals surface area contributed by atoms with Crippen molar-refractivity contribution in [3.05, 3.63) is 54.1 Å². The molecule has 0 radical (unpaired) electrons. The standard InChI is InChI=1S/C21H23F3N4O2/c22-21(23,24)20(29)28(12-13-30-18-5-3-4-15(14-18)19(25)26)17-8-6-16(7-9-17)27-10-1-2-11-27/h3-9,14H,1-2,10-13H2,(H3,25,26). The van der Waals surface area contributed by atoms with Gasteiger partial charge >= 0.3 is 12.1 Å². The number of ether oxygens (including phenoxy) is 1. The molecule has 1 aliphatic heterocycles. The second-order valence-corrected chi connectivity index (χ2v) is 6.96. The van der Waals surface area contributed by atoms with Gasteiger partial charge in [0.2, 0.25) is 0 Å². The van der Waals surface area contributed by atoms with Gasteiger partial charge < -0.3 is 20.3 Å². The third kappa shape index (κ3) is 5.22. The van der Waals surface area contributed by atoms with Crippen LogP contribution in [-0.2, 0) is 4.79 Å². The number of alkyl halides is 3. The summed E-state index contributed by atoms with van der Waals surface area (Å²) in [5, 5.41) is 7.43. The zero-order chi connectivity index (χ0) is 21.7. The molecule has 3 N–H and O–H groups in total. The van der Waals surface area contributed by atoms with E-state index in [0.29, 0.717) is 16.2 Å². The number of amidine groups is 1. The van der Waals surface area contributed by atoms with Crippen molar-refractivity contribution in [2.45, 2.75) is 19.0 Å². The zero-order valence-electron chi connectivity index (χ0n) is 16.3. The van der Waals surface area contributed by atoms with E-state index >= 15 is 0 Å². The molecule has 1 aliphatic rings. The summed E-state index contributed by atoms with van der Waals surface area (Å²) in [6.45, 7) is 1.39. The summed E-state index contributed by atoms with van der Waals surface area (Å²) in [5.74, 6) is -1.74. The van der Waals surface area contributed by atoms with Crippen molar-refractivity contribution in [3.8, 4) is 5.75 Å². The second kappa shape index (κ2) is 9.06. The van der Waals surface area contributed by atoms with Crippen LogP contribution in [0.3, 0.4) is 0 Å². The Kier molecular flexibility index (Phi) is 6.49. The van der Waals surface area contributed by atoms with Gasteiger partial charge in [-0.1, -0.05) is 12.1 Å². The normalized spacial score (nSPS) is 13.9. The van der Waals surface area contributed by atoms with Crippen molar-refractivity contribution >= 4 is 23.1 Å². The van der Waals surface area contributed by atoms with E-state index in [1.165, 1.54) is 18.2 Å². The summed E-state index contributed by atoms with van der Waals surface area (Å²) < 4.78 is 44.9. The number of hydrogen-bond acceptors (Lipinski definition) is 4. The number of carbonyl (C=O) groups excluding carboxylic acids is 1. The number of rotatable bonds is 7. The minimum absolute atomic E-state index is 0.146. The first kappa shape index (κ1) is 21.5. The van der Waals surface area contributed by atoms with E-state index in [1.54, 1.807) is 30.3 Å². The highest BCUT2D eigenvalue weighted by Crippen LogP contribution is 2.27. The Bertz CT molecular complexity index is 894. The number of anilines is 2. The predicted octanol–water partition coefficient (Wildman–Crippen LogP) is 3.55. The number of carbonyl (C=O) groups is 1. The molecule has 0 atom stereocenters. The van der Waals surface area contributed by atoms with Gasteiger partial charge in [0.05, 0.1) is 6.54 Å². The van der Waals surface area contributed by atoms with Crippen LogP contribution in [0.5, 0.6) is 5.75 Å². The molecular formula is C21H23F3N4O2. The molecule has 30 heavy (non-hydrogen) atoms. The first-order valence-corrected chi connectivity index (χ1v) is 9.56. The Balaban J connectivity index is 1.72. The zero-order valence-corrected chi connectivity index (χ0v) is 16.3. The van der Waals surface area contributed by atoms with Gasteiger partial charge in [-0.25, -0.2) is 0 Å². The summed E-state index contributed by atoms with van der Waals surface area (Å²) in [5.41, 5.74) is 6.94. The molecule has 0 unspecified atom stereocenters. The Hall–Kier alpha value is -3.23. The summed E-state index contributed by atoms with van der Waals surface area (Å²) >= 11 is 0. The maximum absolute atomic E-state index is 13.1. The van der Waals surface area contributed by atoms with Crippen LogP contribution in [0.25, 0.3) is 0 Å². The van der Waals surface area contributed by atoms with Crippen LogP contribution in [0.2, 0.25) is 0 Å². The summed E-state index contributed by atoms with van der Waals surface area (Å²) in [7, 11) is 0. The van der Waals surface area contributed by atoms with Gasteiger partial charge in [0.25, 0.3) is 0 Å². The largest absolute Gasteiger partial charge is 0.492 e. The number of benzene rings is 2. The third-order valence-corrected chi connectivity index (χ3v) is 4.85. The first-order valence-electron chi connectivity index (χ1n) is 9.56. The van der Waals surface area contributed by atoms with Crippen molar-refractivity contribution in [1.29, 1.82) is 5.41 Å². The van der Waals surface area contributed by atoms with E-state index in [2.05, 4.69) is 4.90 Å². The van der Waals surface area contributed by atoms with E-state index in [9.17, 15) is 18.0 Å². The summed E-state index contributed by atoms with van der Waals surface area (Å²) in [6, 6.07) is 12.9. The Morgan fingerprint density at radius 3 is 2.40 bits per heavy atom. The van der Waals surface area contributed by atoms with Crippen LogP contribution in [0.4, 0.5) is 24.5 Å². The van der Waals surface area contributed by atoms with Crippen molar-refractivity contribution in [3.63, 3.8) is 0 Å². The molecule has 0 bridgehead atoms. The van der Waals surface area contributed by atoms with E-state index in [-0.39, 0.29) is 24.7 Å². The average molecular weight is 420 g/mol. The van der Waals surface area contributed by atoms with Crippen LogP contribution in [-0.4, -0.2) is 44.2 Å². The van der Waals surface area contributed by atoms with Gasteiger partial charge in [0.1, 0.15) is 18.2 Å². The number of nitrogens with one attached hydrogen (secondary N) is 1. The molecule has 3 rings (SSSR count). The lowest BCUT2D eigenvalue weighted by Crippen LogP contribution is -2.43. The molecule has 6 nitrogen and oxygen atoms in total. The van der Waals surface area contributed by atoms with E-state index in [0.717, 1.165) is 31.6 Å². The van der Waals surface area contributed by atoms with Crippen molar-refractivity contribution in [2.75, 3.05) is 36.0 Å². The van der Waals surface area contributed by atoms with E-state index in [1.807, 2.05) is 0 Å². The fourth-order valence-electron chi connectivity index (χ4n) is 3.33. The lowest BCUT2D eigenvalue weighted by Gasteiger charge is -2.25. The molecule has 9 heteroatoms. The molecule has 1 amide bonds. The van der Waals surface area contributed by atoms with E-state index < -0.39 is 12.1 Å². The molecule has 1 saturated heterocycles. The molecular weight excluding hydrogens is 397 g/mol. The molecule has 0 aromatic heterocycles. The molecule has 2 aromatic rings. The van der Waals surface area contributed by atoms with Crippen LogP contribution >= 0.6 is 0 Å². The average Bonchev–Trinajstić information content (AvgIpc) is 3.25. The molecule has 1 heterocycles. The predicted molar refractivity (Wildman–Crippen MR) is 109 cm³/mol. The van der Waals surface area contributed by atoms with Crippen molar-refractivity contribution in [1.82, 2.24) is 0 Å². The molecule has 160 valence electrons. The van der Waals surface area contributed by atoms with Crippen molar-refractivity contribution < 1.29 is 22.7 Å². The van der Waals surface area contributed by atoms with E-state index in [4.69, 9.17) is 15.9 Å². The Labute approximate surface area is 172 Å². The maximum atomic E-state index is 13.1. The second-order valence-electron chi connectivity index (χ2n) is 6.96. The van der Waals surface area contributed by atoms with Gasteiger partial charge in [0.15, 0.2) is 0 Å². The SMILES string of the molecule is N=C(N)c1cccc(OCCN(C(=O)C(F)(F)F)c2ccc(N3CCCC3)cc2)c1. The Morgan fingerprint density at radius 2 is 1.80 bits per heavy atom. The van der Waals surface area contributed by atoms with Crippen LogP contribution in [0.15, 0.2) is 48.5 Å². The molecule has 0 spiro atoms. The number of halogens is 3. The number of hydrogen-bond donors (Lipinski definition) is 2. The molecule has 2 aromatic carbocycles. The van der Waals surface area contributed by atoms with Crippen LogP contribution in [0, 0.1) is 5.41 Å². The van der Waals surface area contributed by atoms with Crippen LogP contribution in [0.1, 0.15) is 18.4 Å². The monoisotopic (exact) mass is 420 g/mol. The highest BCUT2D eigenvalue weighted by Gasteiger charge is 2.43. The summed E-state index contributed by atoms with van der Waals surface area (Å²) in [6.07, 6.45) is -2.83. The van der Waals surface area contributed by atoms with Gasteiger partial charge in [-0.3, -0.25) is 10.2 Å². The highest BCUT2D eigenvalue weighted by molar-refractivity contribution is 5.97. The molecule has 0 saturated carbocycles. The number of nitrogens with two attached hydrogens (primary N) is 1. The first-order chi connectivity index (χ1) is 14.3. The van der Waals surface area contributed by atoms with Crippen LogP contribution < -0.4 is 20.3 Å². The number of amides is 1. The Morgan fingerprint density at radius 1 is 1.13 bits per heavy atom. The number of nitrogens with zero attached hydrogens (tertiary/aromatic N) is 2. The third-order valence-electron chi connectivity index (χ3n) is 4.85. The smallest absolute Gasteiger partial charge is 0.471 e. The highest BCUT2D eigenvalue weighted by atomic mass is 19.4. The molecule has 1 fully saturated rings. The van der Waals surface area contributed by atoms with Crippen molar-refractivity contribution in [2.24, 2.45) is 5.73 Å². The number of nitrogen functional groups attached to an aromatic ring is 1. The molecule has 0 aliphatic carbocycles. The fourth-order valence-corrected chi connectivity index (χ4v) is 3.33. The quantitative estimate of drug-likeness (QED) is 0.530. The van der Waals surface area contributed by atoms with Gasteiger partial charge in [-0.15, -0.1) is 0 Å². The summed E-state index contributed by atoms with van der Waals surface area (Å²) in [4.78, 5) is 14.8. The topological polar surface area (TPSA) is 82.7 Å². The van der Waals surface area contributed by atoms with Gasteiger partial charge in [0, 0.05) is 30.0 Å². The van der Waals surface area contributed by atoms with Gasteiger partial charge in [-0.05, 0) is 49.2 Å². The maximum Gasteiger partial charge on any atom is 0.471 e. The van der Waals surface area contributed by atoms with Gasteiger partial charge in [-0.2, -0.15) is 13.2 Å². The minimum Gasteiger partial charge on any atom is -0.492 e. The lowest BCUT2D eigenvalue weighted by atomic mass is 10.2. The fraction of sp³-hybridized carbons (Fsp3) is 0.333. The lowest BCUT2D eigenvalue weighted by molar-refractivity contribution is -0.170. The minimum atomic E-state index is -5.00.